The molecule has 2 aromatic heterocycles. The molecular formula is C13H13N5OS3. The maximum atomic E-state index is 12.0. The lowest BCUT2D eigenvalue weighted by Crippen LogP contribution is -2.12. The van der Waals surface area contributed by atoms with Crippen LogP contribution in [0.1, 0.15) is 28.8 Å². The fraction of sp³-hybridized carbons (Fsp3) is 0.385. The van der Waals surface area contributed by atoms with Gasteiger partial charge in [0.2, 0.25) is 11.0 Å². The second-order valence-electron chi connectivity index (χ2n) is 4.73. The first-order valence-corrected chi connectivity index (χ1v) is 9.35. The Morgan fingerprint density at radius 3 is 3.00 bits per heavy atom. The van der Waals surface area contributed by atoms with Crippen LogP contribution in [0.5, 0.6) is 0 Å². The molecule has 3 N–H and O–H groups in total. The van der Waals surface area contributed by atoms with Crippen LogP contribution in [0.2, 0.25) is 0 Å². The lowest BCUT2D eigenvalue weighted by molar-refractivity contribution is -0.115. The second-order valence-corrected chi connectivity index (χ2v) is 8.18. The van der Waals surface area contributed by atoms with E-state index >= 15 is 0 Å². The molecule has 1 amide bonds. The van der Waals surface area contributed by atoms with E-state index in [1.807, 2.05) is 0 Å². The third-order valence-electron chi connectivity index (χ3n) is 3.26. The molecule has 0 aromatic carbocycles. The van der Waals surface area contributed by atoms with Crippen LogP contribution < -0.4 is 11.1 Å². The highest BCUT2D eigenvalue weighted by molar-refractivity contribution is 8.01. The minimum Gasteiger partial charge on any atom is -0.374 e. The van der Waals surface area contributed by atoms with E-state index < -0.39 is 0 Å². The van der Waals surface area contributed by atoms with Crippen LogP contribution in [0.25, 0.3) is 0 Å². The van der Waals surface area contributed by atoms with Crippen molar-refractivity contribution >= 4 is 50.5 Å². The molecule has 0 spiro atoms. The van der Waals surface area contributed by atoms with E-state index in [0.29, 0.717) is 27.9 Å². The Morgan fingerprint density at radius 1 is 1.41 bits per heavy atom. The van der Waals surface area contributed by atoms with Crippen molar-refractivity contribution < 1.29 is 4.79 Å². The van der Waals surface area contributed by atoms with Crippen molar-refractivity contribution in [3.8, 4) is 6.07 Å². The largest absolute Gasteiger partial charge is 0.374 e. The number of anilines is 2. The van der Waals surface area contributed by atoms with Gasteiger partial charge in [0.15, 0.2) is 4.34 Å². The molecule has 0 bridgehead atoms. The Hall–Kier alpha value is -1.63. The number of nitriles is 1. The molecule has 2 heterocycles. The Bertz CT molecular complexity index is 745. The number of nitrogens with two attached hydrogens (primary N) is 1. The van der Waals surface area contributed by atoms with Crippen LogP contribution in [0.15, 0.2) is 4.34 Å². The van der Waals surface area contributed by atoms with Crippen LogP contribution in [0.3, 0.4) is 0 Å². The van der Waals surface area contributed by atoms with Crippen LogP contribution in [0.4, 0.5) is 10.1 Å². The van der Waals surface area contributed by atoms with Crippen molar-refractivity contribution in [3.05, 3.63) is 16.0 Å². The number of thioether (sulfide) groups is 1. The maximum Gasteiger partial charge on any atom is 0.225 e. The van der Waals surface area contributed by atoms with E-state index in [2.05, 4.69) is 21.6 Å². The summed E-state index contributed by atoms with van der Waals surface area (Å²) in [7, 11) is 0. The number of carbonyl (C=O) groups is 1. The molecule has 9 heteroatoms. The van der Waals surface area contributed by atoms with Crippen molar-refractivity contribution in [2.75, 3.05) is 16.8 Å². The van der Waals surface area contributed by atoms with Crippen molar-refractivity contribution in [1.82, 2.24) is 10.2 Å². The molecule has 1 aliphatic rings. The number of carbonyl (C=O) groups excluding carboxylic acids is 1. The van der Waals surface area contributed by atoms with Gasteiger partial charge in [-0.25, -0.2) is 0 Å². The molecule has 3 rings (SSSR count). The van der Waals surface area contributed by atoms with Gasteiger partial charge in [-0.2, -0.15) is 5.26 Å². The molecule has 0 fully saturated rings. The molecule has 0 unspecified atom stereocenters. The van der Waals surface area contributed by atoms with E-state index in [1.165, 1.54) is 39.3 Å². The van der Waals surface area contributed by atoms with E-state index in [4.69, 9.17) is 5.73 Å². The van der Waals surface area contributed by atoms with Gasteiger partial charge in [0, 0.05) is 17.1 Å². The summed E-state index contributed by atoms with van der Waals surface area (Å²) in [5.41, 5.74) is 7.28. The molecule has 1 aliphatic carbocycles. The number of nitrogens with zero attached hydrogens (tertiary/aromatic N) is 3. The average Bonchev–Trinajstić information content (AvgIpc) is 3.15. The van der Waals surface area contributed by atoms with Crippen LogP contribution in [-0.2, 0) is 17.6 Å². The van der Waals surface area contributed by atoms with E-state index in [0.717, 1.165) is 29.2 Å². The van der Waals surface area contributed by atoms with Crippen molar-refractivity contribution in [1.29, 1.82) is 5.26 Å². The average molecular weight is 351 g/mol. The fourth-order valence-corrected chi connectivity index (χ4v) is 5.21. The lowest BCUT2D eigenvalue weighted by atomic mass is 10.1. The highest BCUT2D eigenvalue weighted by Crippen LogP contribution is 2.38. The number of hydrogen-bond donors (Lipinski definition) is 2. The summed E-state index contributed by atoms with van der Waals surface area (Å²) in [6, 6.07) is 2.23. The van der Waals surface area contributed by atoms with Crippen molar-refractivity contribution in [3.63, 3.8) is 0 Å². The molecule has 6 nitrogen and oxygen atoms in total. The number of nitrogens with one attached hydrogen (secondary N) is 1. The zero-order valence-electron chi connectivity index (χ0n) is 11.6. The molecule has 0 atom stereocenters. The highest BCUT2D eigenvalue weighted by atomic mass is 32.2. The SMILES string of the molecule is N#Cc1c(NC(=O)CCSc2nnc(N)s2)sc2c1CCC2. The van der Waals surface area contributed by atoms with Crippen LogP contribution in [0, 0.1) is 11.3 Å². The van der Waals surface area contributed by atoms with Gasteiger partial charge < -0.3 is 11.1 Å². The summed E-state index contributed by atoms with van der Waals surface area (Å²) in [4.78, 5) is 13.3. The number of rotatable bonds is 5. The Kier molecular flexibility index (Phi) is 4.61. The normalized spacial score (nSPS) is 12.9. The number of amides is 1. The summed E-state index contributed by atoms with van der Waals surface area (Å²) >= 11 is 4.30. The zero-order chi connectivity index (χ0) is 15.5. The summed E-state index contributed by atoms with van der Waals surface area (Å²) in [6.07, 6.45) is 3.42. The predicted molar refractivity (Wildman–Crippen MR) is 89.4 cm³/mol. The summed E-state index contributed by atoms with van der Waals surface area (Å²) < 4.78 is 0.762. The zero-order valence-corrected chi connectivity index (χ0v) is 14.0. The Labute approximate surface area is 139 Å². The quantitative estimate of drug-likeness (QED) is 0.803. The number of aromatic nitrogens is 2. The van der Waals surface area contributed by atoms with Crippen molar-refractivity contribution in [2.45, 2.75) is 30.0 Å². The van der Waals surface area contributed by atoms with Gasteiger partial charge >= 0.3 is 0 Å². The van der Waals surface area contributed by atoms with Gasteiger partial charge in [0.05, 0.1) is 5.56 Å². The third kappa shape index (κ3) is 3.24. The molecule has 0 saturated carbocycles. The van der Waals surface area contributed by atoms with E-state index in [1.54, 1.807) is 0 Å². The first kappa shape index (κ1) is 15.3. The number of nitrogen functional groups attached to an aromatic ring is 1. The molecule has 0 saturated heterocycles. The number of aryl methyl sites for hydroxylation is 1. The number of hydrogen-bond acceptors (Lipinski definition) is 8. The standard InChI is InChI=1S/C13H13N5OS3/c14-6-8-7-2-1-3-9(7)21-11(8)16-10(19)4-5-20-13-18-17-12(15)22-13/h1-5H2,(H2,15,17)(H,16,19). The van der Waals surface area contributed by atoms with Gasteiger partial charge in [-0.3, -0.25) is 4.79 Å². The molecule has 22 heavy (non-hydrogen) atoms. The third-order valence-corrected chi connectivity index (χ3v) is 6.36. The number of thiophene rings is 1. The topological polar surface area (TPSA) is 105 Å². The summed E-state index contributed by atoms with van der Waals surface area (Å²) in [6.45, 7) is 0. The highest BCUT2D eigenvalue weighted by Gasteiger charge is 2.22. The lowest BCUT2D eigenvalue weighted by Gasteiger charge is -2.03. The molecular weight excluding hydrogens is 338 g/mol. The van der Waals surface area contributed by atoms with Crippen LogP contribution >= 0.6 is 34.4 Å². The second kappa shape index (κ2) is 6.64. The van der Waals surface area contributed by atoms with E-state index in [-0.39, 0.29) is 5.91 Å². The number of fused-ring (bicyclic) bond motifs is 1. The molecule has 2 aromatic rings. The first-order valence-electron chi connectivity index (χ1n) is 6.73. The van der Waals surface area contributed by atoms with Gasteiger partial charge in [-0.05, 0) is 24.8 Å². The Morgan fingerprint density at radius 2 is 2.27 bits per heavy atom. The molecule has 114 valence electrons. The minimum absolute atomic E-state index is 0.0820. The smallest absolute Gasteiger partial charge is 0.225 e. The first-order chi connectivity index (χ1) is 10.7. The van der Waals surface area contributed by atoms with Gasteiger partial charge in [-0.15, -0.1) is 21.5 Å². The van der Waals surface area contributed by atoms with Gasteiger partial charge in [-0.1, -0.05) is 23.1 Å². The monoisotopic (exact) mass is 351 g/mol. The fourth-order valence-electron chi connectivity index (χ4n) is 2.31. The predicted octanol–water partition coefficient (Wildman–Crippen LogP) is 2.66. The van der Waals surface area contributed by atoms with Gasteiger partial charge in [0.25, 0.3) is 0 Å². The minimum atomic E-state index is -0.0820. The summed E-state index contributed by atoms with van der Waals surface area (Å²) in [5, 5.41) is 20.9. The molecule has 0 aliphatic heterocycles. The van der Waals surface area contributed by atoms with Crippen LogP contribution in [-0.4, -0.2) is 21.9 Å². The van der Waals surface area contributed by atoms with E-state index in [9.17, 15) is 10.1 Å². The Balaban J connectivity index is 1.55. The maximum absolute atomic E-state index is 12.0. The molecule has 0 radical (unpaired) electrons. The summed E-state index contributed by atoms with van der Waals surface area (Å²) in [5.74, 6) is 0.523. The van der Waals surface area contributed by atoms with Gasteiger partial charge in [0.1, 0.15) is 11.1 Å². The van der Waals surface area contributed by atoms with Crippen molar-refractivity contribution in [2.24, 2.45) is 0 Å².